The third kappa shape index (κ3) is 3.64. The van der Waals surface area contributed by atoms with Crippen molar-refractivity contribution < 1.29 is 34.4 Å². The van der Waals surface area contributed by atoms with Gasteiger partial charge in [0.15, 0.2) is 0 Å². The summed E-state index contributed by atoms with van der Waals surface area (Å²) in [7, 11) is 0. The maximum absolute atomic E-state index is 12.1. The first-order chi connectivity index (χ1) is 14.2. The molecule has 0 aromatic rings. The number of carbonyl (C=O) groups is 2. The molecule has 0 radical (unpaired) electrons. The third-order valence-corrected chi connectivity index (χ3v) is 8.14. The second kappa shape index (κ2) is 7.71. The van der Waals surface area contributed by atoms with Crippen molar-refractivity contribution in [1.82, 2.24) is 0 Å². The molecule has 0 unspecified atom stereocenters. The van der Waals surface area contributed by atoms with Crippen LogP contribution in [-0.2, 0) is 19.1 Å². The Kier molecular flexibility index (Phi) is 5.96. The molecule has 0 spiro atoms. The van der Waals surface area contributed by atoms with Crippen molar-refractivity contribution in [3.63, 3.8) is 0 Å². The van der Waals surface area contributed by atoms with Crippen molar-refractivity contribution in [2.75, 3.05) is 0 Å². The molecule has 3 N–H and O–H groups in total. The van der Waals surface area contributed by atoms with Crippen molar-refractivity contribution in [3.05, 3.63) is 23.3 Å². The van der Waals surface area contributed by atoms with Crippen LogP contribution in [0.25, 0.3) is 0 Å². The number of hydrogen-bond acceptors (Lipinski definition) is 7. The Morgan fingerprint density at radius 2 is 1.71 bits per heavy atom. The molecule has 3 aliphatic carbocycles. The van der Waals surface area contributed by atoms with Gasteiger partial charge in [0.05, 0.1) is 11.7 Å². The predicted molar refractivity (Wildman–Crippen MR) is 114 cm³/mol. The summed E-state index contributed by atoms with van der Waals surface area (Å²) in [6, 6.07) is 0. The molecular formula is C24H36O7. The van der Waals surface area contributed by atoms with Crippen LogP contribution < -0.4 is 0 Å². The van der Waals surface area contributed by atoms with Gasteiger partial charge in [0.25, 0.3) is 0 Å². The van der Waals surface area contributed by atoms with Crippen LogP contribution in [-0.4, -0.2) is 57.3 Å². The van der Waals surface area contributed by atoms with Crippen LogP contribution in [0.1, 0.15) is 67.2 Å². The van der Waals surface area contributed by atoms with E-state index in [1.165, 1.54) is 13.8 Å². The van der Waals surface area contributed by atoms with E-state index in [2.05, 4.69) is 6.58 Å². The average Bonchev–Trinajstić information content (AvgIpc) is 2.87. The standard InChI is InChI=1S/C24H36O7/c1-12-16-10-24(22(5,6)29)11-18(30-14(3)25)13(2)19(24)20(28)21(31-15(4)26)23(16,7)9-8-17(12)27/h16-18,20-21,27-29H,1,8-11H2,2-7H3/t16-,17+,18+,20-,21+,23-,24-/m1/s1. The molecule has 7 heteroatoms. The second-order valence-corrected chi connectivity index (χ2v) is 10.4. The molecule has 0 bridgehead atoms. The fraction of sp³-hybridized carbons (Fsp3) is 0.750. The number of hydrogen-bond donors (Lipinski definition) is 3. The van der Waals surface area contributed by atoms with Gasteiger partial charge in [-0.3, -0.25) is 9.59 Å². The molecule has 2 fully saturated rings. The normalized spacial score (nSPS) is 40.7. The molecule has 7 atom stereocenters. The Hall–Kier alpha value is -1.70. The summed E-state index contributed by atoms with van der Waals surface area (Å²) in [5.74, 6) is -1.27. The minimum absolute atomic E-state index is 0.303. The molecule has 0 aliphatic heterocycles. The fourth-order valence-corrected chi connectivity index (χ4v) is 6.41. The summed E-state index contributed by atoms with van der Waals surface area (Å²) in [6.07, 6.45) is -1.69. The molecular weight excluding hydrogens is 400 g/mol. The number of carbonyl (C=O) groups excluding carboxylic acids is 2. The molecule has 0 saturated heterocycles. The van der Waals surface area contributed by atoms with Gasteiger partial charge in [-0.2, -0.15) is 0 Å². The molecule has 0 heterocycles. The lowest BCUT2D eigenvalue weighted by Gasteiger charge is -2.50. The van der Waals surface area contributed by atoms with E-state index in [1.54, 1.807) is 20.8 Å². The molecule has 2 saturated carbocycles. The number of esters is 2. The largest absolute Gasteiger partial charge is 0.459 e. The minimum Gasteiger partial charge on any atom is -0.459 e. The Labute approximate surface area is 184 Å². The summed E-state index contributed by atoms with van der Waals surface area (Å²) in [6.45, 7) is 13.9. The highest BCUT2D eigenvalue weighted by Gasteiger charge is 2.65. The quantitative estimate of drug-likeness (QED) is 0.460. The smallest absolute Gasteiger partial charge is 0.303 e. The van der Waals surface area contributed by atoms with E-state index < -0.39 is 52.8 Å². The van der Waals surface area contributed by atoms with Gasteiger partial charge in [0, 0.05) is 31.1 Å². The first-order valence-electron chi connectivity index (χ1n) is 11.0. The van der Waals surface area contributed by atoms with E-state index >= 15 is 0 Å². The minimum atomic E-state index is -1.28. The summed E-state index contributed by atoms with van der Waals surface area (Å²) >= 11 is 0. The number of rotatable bonds is 3. The summed E-state index contributed by atoms with van der Waals surface area (Å²) in [5.41, 5.74) is -1.04. The van der Waals surface area contributed by atoms with Gasteiger partial charge in [-0.15, -0.1) is 0 Å². The summed E-state index contributed by atoms with van der Waals surface area (Å²) < 4.78 is 11.3. The fourth-order valence-electron chi connectivity index (χ4n) is 6.41. The topological polar surface area (TPSA) is 113 Å². The molecule has 0 amide bonds. The monoisotopic (exact) mass is 436 g/mol. The van der Waals surface area contributed by atoms with Crippen LogP contribution in [0.4, 0.5) is 0 Å². The number of fused-ring (bicyclic) bond motifs is 2. The number of ether oxygens (including phenoxy) is 2. The van der Waals surface area contributed by atoms with Gasteiger partial charge in [-0.1, -0.05) is 13.5 Å². The highest BCUT2D eigenvalue weighted by Crippen LogP contribution is 2.64. The predicted octanol–water partition coefficient (Wildman–Crippen LogP) is 2.43. The van der Waals surface area contributed by atoms with Crippen LogP contribution in [0.15, 0.2) is 23.3 Å². The first kappa shape index (κ1) is 24.0. The lowest BCUT2D eigenvalue weighted by molar-refractivity contribution is -0.166. The second-order valence-electron chi connectivity index (χ2n) is 10.4. The van der Waals surface area contributed by atoms with E-state index in [9.17, 15) is 24.9 Å². The van der Waals surface area contributed by atoms with E-state index in [0.29, 0.717) is 42.4 Å². The van der Waals surface area contributed by atoms with Crippen LogP contribution in [0.5, 0.6) is 0 Å². The molecule has 0 aromatic carbocycles. The lowest BCUT2D eigenvalue weighted by Crippen LogP contribution is -2.51. The van der Waals surface area contributed by atoms with Gasteiger partial charge in [-0.05, 0) is 62.7 Å². The Morgan fingerprint density at radius 3 is 2.23 bits per heavy atom. The molecule has 7 nitrogen and oxygen atoms in total. The highest BCUT2D eigenvalue weighted by atomic mass is 16.6. The molecule has 3 rings (SSSR count). The number of aliphatic hydroxyl groups excluding tert-OH is 2. The zero-order valence-corrected chi connectivity index (χ0v) is 19.4. The zero-order valence-electron chi connectivity index (χ0n) is 19.4. The SMILES string of the molecule is C=C1[C@H]2C[C@@]3(C(C)(C)O)C[C@H](OC(C)=O)C(C)=C3[C@@H](O)[C@H](OC(C)=O)[C@]2(C)CC[C@@H]1O. The van der Waals surface area contributed by atoms with Gasteiger partial charge >= 0.3 is 11.9 Å². The average molecular weight is 437 g/mol. The van der Waals surface area contributed by atoms with Gasteiger partial charge in [0.2, 0.25) is 0 Å². The van der Waals surface area contributed by atoms with E-state index in [-0.39, 0.29) is 5.92 Å². The highest BCUT2D eigenvalue weighted by molar-refractivity contribution is 5.67. The van der Waals surface area contributed by atoms with Crippen LogP contribution in [0.3, 0.4) is 0 Å². The van der Waals surface area contributed by atoms with E-state index in [0.717, 1.165) is 0 Å². The van der Waals surface area contributed by atoms with Crippen molar-refractivity contribution in [1.29, 1.82) is 0 Å². The molecule has 0 aromatic heterocycles. The third-order valence-electron chi connectivity index (χ3n) is 8.14. The van der Waals surface area contributed by atoms with Gasteiger partial charge in [-0.25, -0.2) is 0 Å². The van der Waals surface area contributed by atoms with Crippen molar-refractivity contribution in [3.8, 4) is 0 Å². The Morgan fingerprint density at radius 1 is 1.13 bits per heavy atom. The maximum Gasteiger partial charge on any atom is 0.303 e. The Bertz CT molecular complexity index is 822. The zero-order chi connectivity index (χ0) is 23.5. The molecule has 174 valence electrons. The lowest BCUT2D eigenvalue weighted by atomic mass is 9.57. The van der Waals surface area contributed by atoms with Crippen molar-refractivity contribution >= 4 is 11.9 Å². The van der Waals surface area contributed by atoms with Crippen molar-refractivity contribution in [2.24, 2.45) is 16.7 Å². The first-order valence-corrected chi connectivity index (χ1v) is 11.0. The maximum atomic E-state index is 12.1. The van der Waals surface area contributed by atoms with Crippen LogP contribution in [0, 0.1) is 16.7 Å². The van der Waals surface area contributed by atoms with Gasteiger partial charge < -0.3 is 24.8 Å². The molecule has 31 heavy (non-hydrogen) atoms. The van der Waals surface area contributed by atoms with E-state index in [1.807, 2.05) is 6.92 Å². The van der Waals surface area contributed by atoms with Crippen LogP contribution >= 0.6 is 0 Å². The number of aliphatic hydroxyl groups is 3. The molecule has 3 aliphatic rings. The summed E-state index contributed by atoms with van der Waals surface area (Å²) in [4.78, 5) is 23.8. The summed E-state index contributed by atoms with van der Waals surface area (Å²) in [5, 5.41) is 33.7. The van der Waals surface area contributed by atoms with Crippen LogP contribution in [0.2, 0.25) is 0 Å². The Balaban J connectivity index is 2.27. The van der Waals surface area contributed by atoms with Gasteiger partial charge in [0.1, 0.15) is 18.3 Å². The van der Waals surface area contributed by atoms with E-state index in [4.69, 9.17) is 9.47 Å². The van der Waals surface area contributed by atoms with Crippen molar-refractivity contribution in [2.45, 2.75) is 97.2 Å².